The number of hydrogen-bond acceptors (Lipinski definition) is 5. The first-order valence-electron chi connectivity index (χ1n) is 9.06. The van der Waals surface area contributed by atoms with Crippen LogP contribution >= 0.6 is 0 Å². The number of halogens is 2. The van der Waals surface area contributed by atoms with Gasteiger partial charge in [-0.1, -0.05) is 12.1 Å². The fourth-order valence-corrected chi connectivity index (χ4v) is 2.79. The molecular weight excluding hydrogens is 384 g/mol. The van der Waals surface area contributed by atoms with Crippen molar-refractivity contribution in [2.24, 2.45) is 0 Å². The molecule has 1 N–H and O–H groups in total. The van der Waals surface area contributed by atoms with Crippen LogP contribution < -0.4 is 24.3 Å². The van der Waals surface area contributed by atoms with E-state index in [9.17, 15) is 13.6 Å². The maximum absolute atomic E-state index is 12.5. The molecule has 0 radical (unpaired) electrons. The van der Waals surface area contributed by atoms with Crippen LogP contribution in [0.2, 0.25) is 0 Å². The van der Waals surface area contributed by atoms with Gasteiger partial charge in [-0.25, -0.2) is 0 Å². The molecule has 2 aromatic carbocycles. The third-order valence-electron chi connectivity index (χ3n) is 4.17. The van der Waals surface area contributed by atoms with E-state index in [0.29, 0.717) is 23.7 Å². The average Bonchev–Trinajstić information content (AvgIpc) is 3.15. The van der Waals surface area contributed by atoms with Gasteiger partial charge < -0.3 is 24.3 Å². The maximum atomic E-state index is 12.5. The molecule has 1 unspecified atom stereocenters. The summed E-state index contributed by atoms with van der Waals surface area (Å²) < 4.78 is 45.3. The van der Waals surface area contributed by atoms with Gasteiger partial charge in [0.25, 0.3) is 0 Å². The van der Waals surface area contributed by atoms with Crippen molar-refractivity contribution in [3.63, 3.8) is 0 Å². The fourth-order valence-electron chi connectivity index (χ4n) is 2.79. The lowest BCUT2D eigenvalue weighted by Crippen LogP contribution is -2.24. The van der Waals surface area contributed by atoms with E-state index in [1.165, 1.54) is 18.2 Å². The van der Waals surface area contributed by atoms with Crippen molar-refractivity contribution >= 4 is 12.0 Å². The number of rotatable bonds is 8. The summed E-state index contributed by atoms with van der Waals surface area (Å²) in [4.78, 5) is 12.2. The van der Waals surface area contributed by atoms with Gasteiger partial charge in [0.2, 0.25) is 12.7 Å². The van der Waals surface area contributed by atoms with Crippen LogP contribution in [-0.4, -0.2) is 25.9 Å². The quantitative estimate of drug-likeness (QED) is 0.663. The minimum absolute atomic E-state index is 0.0557. The first-order valence-corrected chi connectivity index (χ1v) is 9.06. The van der Waals surface area contributed by atoms with E-state index < -0.39 is 6.61 Å². The topological polar surface area (TPSA) is 66.0 Å². The molecule has 0 bridgehead atoms. The highest BCUT2D eigenvalue weighted by Gasteiger charge is 2.16. The second-order valence-electron chi connectivity index (χ2n) is 6.19. The number of ether oxygens (including phenoxy) is 4. The lowest BCUT2D eigenvalue weighted by Gasteiger charge is -2.13. The van der Waals surface area contributed by atoms with E-state index in [4.69, 9.17) is 14.2 Å². The van der Waals surface area contributed by atoms with Crippen molar-refractivity contribution in [2.45, 2.75) is 26.5 Å². The Kier molecular flexibility index (Phi) is 6.54. The van der Waals surface area contributed by atoms with Gasteiger partial charge in [-0.3, -0.25) is 4.79 Å². The van der Waals surface area contributed by atoms with Crippen molar-refractivity contribution < 1.29 is 32.5 Å². The van der Waals surface area contributed by atoms with Crippen LogP contribution in [0.15, 0.2) is 42.5 Å². The minimum atomic E-state index is -2.95. The molecule has 29 heavy (non-hydrogen) atoms. The molecule has 2 aromatic rings. The molecule has 1 aliphatic rings. The summed E-state index contributed by atoms with van der Waals surface area (Å²) in [6.45, 7) is 1.12. The van der Waals surface area contributed by atoms with Crippen LogP contribution in [0.4, 0.5) is 8.78 Å². The largest absolute Gasteiger partial charge is 0.490 e. The zero-order valence-electron chi connectivity index (χ0n) is 16.0. The Morgan fingerprint density at radius 1 is 1.17 bits per heavy atom. The lowest BCUT2D eigenvalue weighted by atomic mass is 10.1. The second kappa shape index (κ2) is 9.27. The number of carbonyl (C=O) groups excluding carboxylic acids is 1. The first-order chi connectivity index (χ1) is 14.0. The van der Waals surface area contributed by atoms with Crippen molar-refractivity contribution in [2.75, 3.05) is 13.4 Å². The Balaban J connectivity index is 1.64. The van der Waals surface area contributed by atoms with Crippen LogP contribution in [0.3, 0.4) is 0 Å². The summed E-state index contributed by atoms with van der Waals surface area (Å²) in [5, 5.41) is 2.86. The number of benzene rings is 2. The molecule has 1 amide bonds. The number of amides is 1. The van der Waals surface area contributed by atoms with E-state index in [2.05, 4.69) is 10.1 Å². The lowest BCUT2D eigenvalue weighted by molar-refractivity contribution is -0.117. The normalized spacial score (nSPS) is 13.6. The van der Waals surface area contributed by atoms with Crippen LogP contribution in [0, 0.1) is 0 Å². The Labute approximate surface area is 167 Å². The van der Waals surface area contributed by atoms with Gasteiger partial charge in [-0.15, -0.1) is 0 Å². The summed E-state index contributed by atoms with van der Waals surface area (Å²) in [6, 6.07) is 9.71. The molecule has 1 aliphatic heterocycles. The molecule has 154 valence electrons. The monoisotopic (exact) mass is 405 g/mol. The van der Waals surface area contributed by atoms with Gasteiger partial charge in [-0.05, 0) is 55.3 Å². The summed E-state index contributed by atoms with van der Waals surface area (Å²) in [5.41, 5.74) is 1.49. The Bertz CT molecular complexity index is 901. The van der Waals surface area contributed by atoms with E-state index in [1.807, 2.05) is 19.1 Å². The second-order valence-corrected chi connectivity index (χ2v) is 6.19. The van der Waals surface area contributed by atoms with Gasteiger partial charge in [0.15, 0.2) is 23.0 Å². The molecule has 0 spiro atoms. The predicted molar refractivity (Wildman–Crippen MR) is 102 cm³/mol. The summed E-state index contributed by atoms with van der Waals surface area (Å²) in [5.74, 6) is 1.15. The molecule has 1 atom stereocenters. The van der Waals surface area contributed by atoms with Crippen LogP contribution in [0.1, 0.15) is 31.0 Å². The number of fused-ring (bicyclic) bond motifs is 1. The van der Waals surface area contributed by atoms with E-state index in [1.54, 1.807) is 25.1 Å². The Hall–Kier alpha value is -3.29. The smallest absolute Gasteiger partial charge is 0.387 e. The molecule has 0 fully saturated rings. The Morgan fingerprint density at radius 3 is 2.72 bits per heavy atom. The molecule has 0 saturated carbocycles. The van der Waals surface area contributed by atoms with E-state index >= 15 is 0 Å². The van der Waals surface area contributed by atoms with Crippen LogP contribution in [-0.2, 0) is 4.79 Å². The highest BCUT2D eigenvalue weighted by atomic mass is 19.3. The van der Waals surface area contributed by atoms with Gasteiger partial charge in [0.05, 0.1) is 12.6 Å². The highest BCUT2D eigenvalue weighted by molar-refractivity contribution is 5.92. The molecule has 0 aromatic heterocycles. The van der Waals surface area contributed by atoms with Crippen LogP contribution in [0.25, 0.3) is 6.08 Å². The molecular formula is C21H21F2NO5. The minimum Gasteiger partial charge on any atom is -0.490 e. The van der Waals surface area contributed by atoms with E-state index in [-0.39, 0.29) is 30.2 Å². The maximum Gasteiger partial charge on any atom is 0.387 e. The van der Waals surface area contributed by atoms with Crippen LogP contribution in [0.5, 0.6) is 23.0 Å². The van der Waals surface area contributed by atoms with Crippen molar-refractivity contribution in [1.29, 1.82) is 0 Å². The average molecular weight is 405 g/mol. The highest BCUT2D eigenvalue weighted by Crippen LogP contribution is 2.34. The molecule has 6 nitrogen and oxygen atoms in total. The summed E-state index contributed by atoms with van der Waals surface area (Å²) in [6.07, 6.45) is 2.93. The molecule has 0 saturated heterocycles. The first kappa shape index (κ1) is 20.4. The number of alkyl halides is 2. The predicted octanol–water partition coefficient (Wildman–Crippen LogP) is 4.31. The number of nitrogens with one attached hydrogen (secondary N) is 1. The Morgan fingerprint density at radius 2 is 1.97 bits per heavy atom. The zero-order chi connectivity index (χ0) is 20.8. The van der Waals surface area contributed by atoms with Gasteiger partial charge in [-0.2, -0.15) is 8.78 Å². The summed E-state index contributed by atoms with van der Waals surface area (Å²) in [7, 11) is 0. The third kappa shape index (κ3) is 5.37. The molecule has 8 heteroatoms. The zero-order valence-corrected chi connectivity index (χ0v) is 16.0. The van der Waals surface area contributed by atoms with Crippen molar-refractivity contribution in [3.8, 4) is 23.0 Å². The fraction of sp³-hybridized carbons (Fsp3) is 0.286. The van der Waals surface area contributed by atoms with Crippen molar-refractivity contribution in [1.82, 2.24) is 5.32 Å². The van der Waals surface area contributed by atoms with Gasteiger partial charge in [0.1, 0.15) is 0 Å². The summed E-state index contributed by atoms with van der Waals surface area (Å²) >= 11 is 0. The standard InChI is InChI=1S/C21H21F2NO5/c1-3-26-18-10-14(4-7-17(18)29-21(22)23)5-9-20(25)24-13(2)15-6-8-16-19(11-15)28-12-27-16/h4-11,13,21H,3,12H2,1-2H3,(H,24,25)/b9-5+. The molecule has 1 heterocycles. The van der Waals surface area contributed by atoms with E-state index in [0.717, 1.165) is 5.56 Å². The molecule has 3 rings (SSSR count). The third-order valence-corrected chi connectivity index (χ3v) is 4.17. The van der Waals surface area contributed by atoms with Gasteiger partial charge >= 0.3 is 6.61 Å². The number of hydrogen-bond donors (Lipinski definition) is 1. The SMILES string of the molecule is CCOc1cc(/C=C/C(=O)NC(C)c2ccc3c(c2)OCO3)ccc1OC(F)F. The number of carbonyl (C=O) groups is 1. The van der Waals surface area contributed by atoms with Gasteiger partial charge in [0, 0.05) is 6.08 Å². The molecule has 0 aliphatic carbocycles. The van der Waals surface area contributed by atoms with Crippen molar-refractivity contribution in [3.05, 3.63) is 53.6 Å².